The molecule has 0 aromatic heterocycles. The molecule has 5 nitrogen and oxygen atoms in total. The van der Waals surface area contributed by atoms with Crippen LogP contribution in [0.2, 0.25) is 0 Å². The molecule has 0 spiro atoms. The van der Waals surface area contributed by atoms with E-state index < -0.39 is 6.03 Å². The van der Waals surface area contributed by atoms with Crippen LogP contribution >= 0.6 is 0 Å². The van der Waals surface area contributed by atoms with Crippen molar-refractivity contribution in [2.75, 3.05) is 13.7 Å². The highest BCUT2D eigenvalue weighted by Gasteiger charge is 2.12. The number of ether oxygens (including phenoxy) is 1. The lowest BCUT2D eigenvalue weighted by molar-refractivity contribution is -0.144. The zero-order valence-electron chi connectivity index (χ0n) is 6.59. The Labute approximate surface area is 64.9 Å². The summed E-state index contributed by atoms with van der Waals surface area (Å²) >= 11 is 0. The largest absolute Gasteiger partial charge is 0.469 e. The number of amides is 2. The minimum Gasteiger partial charge on any atom is -0.469 e. The van der Waals surface area contributed by atoms with E-state index in [1.807, 2.05) is 0 Å². The number of hydrogen-bond donors (Lipinski definition) is 2. The Balaban J connectivity index is 3.60. The molecule has 0 aromatic carbocycles. The Hall–Kier alpha value is -1.26. The van der Waals surface area contributed by atoms with Crippen molar-refractivity contribution in [3.05, 3.63) is 0 Å². The third-order valence-corrected chi connectivity index (χ3v) is 1.19. The molecule has 0 aliphatic carbocycles. The van der Waals surface area contributed by atoms with Gasteiger partial charge in [-0.2, -0.15) is 0 Å². The Bertz CT molecular complexity index is 158. The van der Waals surface area contributed by atoms with Crippen LogP contribution in [0.1, 0.15) is 6.92 Å². The van der Waals surface area contributed by atoms with Gasteiger partial charge in [-0.05, 0) is 0 Å². The summed E-state index contributed by atoms with van der Waals surface area (Å²) in [6.07, 6.45) is 0. The summed E-state index contributed by atoms with van der Waals surface area (Å²) in [6, 6.07) is -0.638. The highest BCUT2D eigenvalue weighted by molar-refractivity contribution is 5.75. The van der Waals surface area contributed by atoms with E-state index in [1.165, 1.54) is 7.11 Å². The minimum atomic E-state index is -0.638. The van der Waals surface area contributed by atoms with Gasteiger partial charge in [0.1, 0.15) is 0 Å². The van der Waals surface area contributed by atoms with Crippen LogP contribution in [0.4, 0.5) is 4.79 Å². The topological polar surface area (TPSA) is 81.4 Å². The van der Waals surface area contributed by atoms with Crippen LogP contribution in [-0.4, -0.2) is 25.7 Å². The Morgan fingerprint density at radius 3 is 2.55 bits per heavy atom. The molecule has 0 bridgehead atoms. The Morgan fingerprint density at radius 1 is 1.64 bits per heavy atom. The lowest BCUT2D eigenvalue weighted by Crippen LogP contribution is -2.35. The second kappa shape index (κ2) is 4.54. The van der Waals surface area contributed by atoms with E-state index in [4.69, 9.17) is 5.73 Å². The predicted molar refractivity (Wildman–Crippen MR) is 38.8 cm³/mol. The number of esters is 1. The number of rotatable bonds is 3. The quantitative estimate of drug-likeness (QED) is 0.544. The molecule has 0 saturated heterocycles. The molecular formula is C6H12N2O3. The van der Waals surface area contributed by atoms with Crippen molar-refractivity contribution in [1.82, 2.24) is 5.32 Å². The average molecular weight is 160 g/mol. The Morgan fingerprint density at radius 2 is 2.18 bits per heavy atom. The monoisotopic (exact) mass is 160 g/mol. The molecule has 0 fully saturated rings. The maximum atomic E-state index is 10.7. The molecule has 0 aliphatic heterocycles. The van der Waals surface area contributed by atoms with Gasteiger partial charge < -0.3 is 15.8 Å². The summed E-state index contributed by atoms with van der Waals surface area (Å²) in [5, 5.41) is 2.30. The number of carbonyl (C=O) groups is 2. The Kier molecular flexibility index (Phi) is 4.02. The predicted octanol–water partition coefficient (Wildman–Crippen LogP) is -0.536. The lowest BCUT2D eigenvalue weighted by atomic mass is 10.2. The summed E-state index contributed by atoms with van der Waals surface area (Å²) in [7, 11) is 1.29. The maximum Gasteiger partial charge on any atom is 0.312 e. The van der Waals surface area contributed by atoms with E-state index >= 15 is 0 Å². The highest BCUT2D eigenvalue weighted by atomic mass is 16.5. The van der Waals surface area contributed by atoms with Crippen LogP contribution in [0.25, 0.3) is 0 Å². The zero-order valence-corrected chi connectivity index (χ0v) is 6.59. The van der Waals surface area contributed by atoms with Gasteiger partial charge in [0.2, 0.25) is 0 Å². The van der Waals surface area contributed by atoms with Crippen molar-refractivity contribution in [1.29, 1.82) is 0 Å². The molecular weight excluding hydrogens is 148 g/mol. The van der Waals surface area contributed by atoms with Gasteiger partial charge >= 0.3 is 12.0 Å². The maximum absolute atomic E-state index is 10.7. The molecule has 2 amide bonds. The fraction of sp³-hybridized carbons (Fsp3) is 0.667. The summed E-state index contributed by atoms with van der Waals surface area (Å²) in [6.45, 7) is 1.85. The van der Waals surface area contributed by atoms with E-state index in [2.05, 4.69) is 10.1 Å². The standard InChI is InChI=1S/C6H12N2O3/c1-4(5(9)11-2)3-8-6(7)10/h4H,3H2,1-2H3,(H3,7,8,10)/t4-/m0/s1. The third-order valence-electron chi connectivity index (χ3n) is 1.19. The molecule has 0 saturated carbocycles. The number of carbonyl (C=O) groups excluding carboxylic acids is 2. The van der Waals surface area contributed by atoms with E-state index in [-0.39, 0.29) is 18.4 Å². The lowest BCUT2D eigenvalue weighted by Gasteiger charge is -2.07. The van der Waals surface area contributed by atoms with Gasteiger partial charge in [-0.15, -0.1) is 0 Å². The van der Waals surface area contributed by atoms with E-state index in [9.17, 15) is 9.59 Å². The number of primary amides is 1. The van der Waals surface area contributed by atoms with Crippen LogP contribution in [0.5, 0.6) is 0 Å². The van der Waals surface area contributed by atoms with Gasteiger partial charge in [-0.1, -0.05) is 6.92 Å². The summed E-state index contributed by atoms with van der Waals surface area (Å²) < 4.78 is 4.41. The smallest absolute Gasteiger partial charge is 0.312 e. The number of nitrogens with two attached hydrogens (primary N) is 1. The van der Waals surface area contributed by atoms with E-state index in [0.717, 1.165) is 0 Å². The summed E-state index contributed by atoms with van der Waals surface area (Å²) in [4.78, 5) is 20.9. The van der Waals surface area contributed by atoms with Gasteiger partial charge in [0.05, 0.1) is 13.0 Å². The minimum absolute atomic E-state index is 0.210. The first kappa shape index (κ1) is 9.74. The third kappa shape index (κ3) is 4.19. The molecule has 1 atom stereocenters. The normalized spacial score (nSPS) is 11.8. The molecule has 0 rings (SSSR count). The average Bonchev–Trinajstić information content (AvgIpc) is 1.98. The molecule has 0 aliphatic rings. The number of hydrogen-bond acceptors (Lipinski definition) is 3. The van der Waals surface area contributed by atoms with Crippen LogP contribution in [0.15, 0.2) is 0 Å². The highest BCUT2D eigenvalue weighted by Crippen LogP contribution is 1.94. The van der Waals surface area contributed by atoms with E-state index in [0.29, 0.717) is 0 Å². The van der Waals surface area contributed by atoms with Crippen molar-refractivity contribution >= 4 is 12.0 Å². The summed E-state index contributed by atoms with van der Waals surface area (Å²) in [5.41, 5.74) is 4.78. The van der Waals surface area contributed by atoms with E-state index in [1.54, 1.807) is 6.92 Å². The molecule has 11 heavy (non-hydrogen) atoms. The van der Waals surface area contributed by atoms with Crippen molar-refractivity contribution in [2.45, 2.75) is 6.92 Å². The SMILES string of the molecule is COC(=O)[C@@H](C)CNC(N)=O. The molecule has 0 unspecified atom stereocenters. The second-order valence-electron chi connectivity index (χ2n) is 2.17. The first-order chi connectivity index (χ1) is 5.07. The van der Waals surface area contributed by atoms with Crippen molar-refractivity contribution in [3.63, 3.8) is 0 Å². The fourth-order valence-electron chi connectivity index (χ4n) is 0.538. The van der Waals surface area contributed by atoms with Crippen molar-refractivity contribution < 1.29 is 14.3 Å². The van der Waals surface area contributed by atoms with Gasteiger partial charge in [0.25, 0.3) is 0 Å². The van der Waals surface area contributed by atoms with Crippen LogP contribution in [0, 0.1) is 5.92 Å². The van der Waals surface area contributed by atoms with Crippen LogP contribution < -0.4 is 11.1 Å². The second-order valence-corrected chi connectivity index (χ2v) is 2.17. The van der Waals surface area contributed by atoms with Crippen molar-refractivity contribution in [3.8, 4) is 0 Å². The molecule has 0 radical (unpaired) electrons. The van der Waals surface area contributed by atoms with Gasteiger partial charge in [-0.3, -0.25) is 4.79 Å². The number of urea groups is 1. The van der Waals surface area contributed by atoms with Gasteiger partial charge in [-0.25, -0.2) is 4.79 Å². The first-order valence-electron chi connectivity index (χ1n) is 3.19. The first-order valence-corrected chi connectivity index (χ1v) is 3.19. The van der Waals surface area contributed by atoms with Gasteiger partial charge in [0, 0.05) is 6.54 Å². The zero-order chi connectivity index (χ0) is 8.85. The molecule has 64 valence electrons. The summed E-state index contributed by atoms with van der Waals surface area (Å²) in [5.74, 6) is -0.716. The van der Waals surface area contributed by atoms with Crippen LogP contribution in [-0.2, 0) is 9.53 Å². The van der Waals surface area contributed by atoms with Crippen molar-refractivity contribution in [2.24, 2.45) is 11.7 Å². The van der Waals surface area contributed by atoms with Gasteiger partial charge in [0.15, 0.2) is 0 Å². The molecule has 0 aromatic rings. The van der Waals surface area contributed by atoms with Crippen LogP contribution in [0.3, 0.4) is 0 Å². The number of nitrogens with one attached hydrogen (secondary N) is 1. The molecule has 0 heterocycles. The molecule has 3 N–H and O–H groups in total. The fourth-order valence-corrected chi connectivity index (χ4v) is 0.538. The number of methoxy groups -OCH3 is 1. The molecule has 5 heteroatoms.